The lowest BCUT2D eigenvalue weighted by Gasteiger charge is -2.11. The third-order valence-corrected chi connectivity index (χ3v) is 3.05. The maximum atomic E-state index is 12.2. The number of pyridine rings is 1. The molecule has 2 aromatic heterocycles. The van der Waals surface area contributed by atoms with Crippen molar-refractivity contribution < 1.29 is 4.79 Å². The molecule has 2 rings (SSSR count). The zero-order valence-electron chi connectivity index (χ0n) is 12.5. The highest BCUT2D eigenvalue weighted by atomic mass is 35.5. The molecule has 0 aliphatic heterocycles. The standard InChI is InChI=1S/C14H19N5O.2ClH/c1-3-12-11(14(20)18-10(2)8-15)9-17-19(12)13-6-4-5-7-16-13;;/h4-7,9-10H,3,8,15H2,1-2H3,(H,18,20);2*1H/t10-;;/m0../s1. The molecule has 0 unspecified atom stereocenters. The van der Waals surface area contributed by atoms with Crippen LogP contribution in [0.4, 0.5) is 0 Å². The van der Waals surface area contributed by atoms with Crippen molar-refractivity contribution in [3.8, 4) is 5.82 Å². The van der Waals surface area contributed by atoms with Crippen LogP contribution in [0.2, 0.25) is 0 Å². The lowest BCUT2D eigenvalue weighted by molar-refractivity contribution is 0.0940. The molecule has 0 bridgehead atoms. The number of amides is 1. The van der Waals surface area contributed by atoms with Crippen LogP contribution >= 0.6 is 24.8 Å². The predicted octanol–water partition coefficient (Wildman–Crippen LogP) is 1.75. The third-order valence-electron chi connectivity index (χ3n) is 3.05. The highest BCUT2D eigenvalue weighted by Crippen LogP contribution is 2.14. The molecule has 22 heavy (non-hydrogen) atoms. The second-order valence-electron chi connectivity index (χ2n) is 4.57. The van der Waals surface area contributed by atoms with Crippen molar-refractivity contribution >= 4 is 30.7 Å². The minimum Gasteiger partial charge on any atom is -0.348 e. The number of carbonyl (C=O) groups is 1. The van der Waals surface area contributed by atoms with Crippen LogP contribution in [0.3, 0.4) is 0 Å². The monoisotopic (exact) mass is 345 g/mol. The van der Waals surface area contributed by atoms with Gasteiger partial charge in [0.15, 0.2) is 5.82 Å². The van der Waals surface area contributed by atoms with Crippen LogP contribution in [-0.2, 0) is 6.42 Å². The van der Waals surface area contributed by atoms with Crippen molar-refractivity contribution in [1.82, 2.24) is 20.1 Å². The molecular formula is C14H21Cl2N5O. The zero-order chi connectivity index (χ0) is 14.5. The molecule has 0 spiro atoms. The summed E-state index contributed by atoms with van der Waals surface area (Å²) in [5, 5.41) is 7.12. The van der Waals surface area contributed by atoms with E-state index in [-0.39, 0.29) is 36.8 Å². The molecule has 8 heteroatoms. The van der Waals surface area contributed by atoms with E-state index in [2.05, 4.69) is 15.4 Å². The molecule has 6 nitrogen and oxygen atoms in total. The van der Waals surface area contributed by atoms with E-state index in [1.807, 2.05) is 32.0 Å². The van der Waals surface area contributed by atoms with Gasteiger partial charge in [0.2, 0.25) is 0 Å². The molecule has 3 N–H and O–H groups in total. The van der Waals surface area contributed by atoms with Crippen molar-refractivity contribution in [1.29, 1.82) is 0 Å². The summed E-state index contributed by atoms with van der Waals surface area (Å²) in [5.41, 5.74) is 6.93. The predicted molar refractivity (Wildman–Crippen MR) is 91.2 cm³/mol. The molecule has 0 saturated carbocycles. The number of hydrogen-bond donors (Lipinski definition) is 2. The number of hydrogen-bond acceptors (Lipinski definition) is 4. The van der Waals surface area contributed by atoms with Crippen LogP contribution in [-0.4, -0.2) is 33.3 Å². The molecule has 0 aliphatic rings. The first-order valence-electron chi connectivity index (χ1n) is 6.66. The van der Waals surface area contributed by atoms with E-state index in [0.29, 0.717) is 24.3 Å². The second-order valence-corrected chi connectivity index (χ2v) is 4.57. The lowest BCUT2D eigenvalue weighted by Crippen LogP contribution is -2.38. The molecule has 0 saturated heterocycles. The summed E-state index contributed by atoms with van der Waals surface area (Å²) in [6.07, 6.45) is 3.97. The normalized spacial score (nSPS) is 11.0. The zero-order valence-corrected chi connectivity index (χ0v) is 14.2. The molecular weight excluding hydrogens is 325 g/mol. The number of nitrogens with one attached hydrogen (secondary N) is 1. The molecule has 1 amide bonds. The summed E-state index contributed by atoms with van der Waals surface area (Å²) >= 11 is 0. The van der Waals surface area contributed by atoms with Gasteiger partial charge < -0.3 is 11.1 Å². The highest BCUT2D eigenvalue weighted by Gasteiger charge is 2.18. The Kier molecular flexibility index (Phi) is 8.70. The largest absolute Gasteiger partial charge is 0.348 e. The Morgan fingerprint density at radius 3 is 2.68 bits per heavy atom. The smallest absolute Gasteiger partial charge is 0.255 e. The van der Waals surface area contributed by atoms with Gasteiger partial charge in [0.25, 0.3) is 5.91 Å². The van der Waals surface area contributed by atoms with Gasteiger partial charge >= 0.3 is 0 Å². The summed E-state index contributed by atoms with van der Waals surface area (Å²) in [7, 11) is 0. The van der Waals surface area contributed by atoms with Crippen LogP contribution in [0.25, 0.3) is 5.82 Å². The van der Waals surface area contributed by atoms with Gasteiger partial charge in [0.05, 0.1) is 17.5 Å². The van der Waals surface area contributed by atoms with E-state index in [0.717, 1.165) is 5.69 Å². The number of halogens is 2. The molecule has 0 aromatic carbocycles. The molecule has 2 heterocycles. The highest BCUT2D eigenvalue weighted by molar-refractivity contribution is 5.95. The van der Waals surface area contributed by atoms with Gasteiger partial charge in [-0.1, -0.05) is 13.0 Å². The van der Waals surface area contributed by atoms with E-state index in [1.165, 1.54) is 0 Å². The molecule has 0 fully saturated rings. The van der Waals surface area contributed by atoms with Crippen LogP contribution in [0.1, 0.15) is 29.9 Å². The molecule has 2 aromatic rings. The van der Waals surface area contributed by atoms with Crippen molar-refractivity contribution in [2.24, 2.45) is 5.73 Å². The summed E-state index contributed by atoms with van der Waals surface area (Å²) in [4.78, 5) is 16.5. The molecule has 0 radical (unpaired) electrons. The van der Waals surface area contributed by atoms with E-state index in [1.54, 1.807) is 17.1 Å². The van der Waals surface area contributed by atoms with E-state index in [4.69, 9.17) is 5.73 Å². The fourth-order valence-electron chi connectivity index (χ4n) is 1.94. The Labute approximate surface area is 142 Å². The average molecular weight is 346 g/mol. The number of nitrogens with zero attached hydrogens (tertiary/aromatic N) is 3. The Balaban J connectivity index is 0.00000220. The summed E-state index contributed by atoms with van der Waals surface area (Å²) in [6.45, 7) is 4.26. The van der Waals surface area contributed by atoms with E-state index >= 15 is 0 Å². The molecule has 0 aliphatic carbocycles. The first-order chi connectivity index (χ1) is 9.67. The first-order valence-corrected chi connectivity index (χ1v) is 6.66. The third kappa shape index (κ3) is 4.43. The SMILES string of the molecule is CCc1c(C(=O)N[C@@H](C)CN)cnn1-c1ccccn1.Cl.Cl. The number of aromatic nitrogens is 3. The van der Waals surface area contributed by atoms with Crippen LogP contribution < -0.4 is 11.1 Å². The quantitative estimate of drug-likeness (QED) is 0.864. The number of carbonyl (C=O) groups excluding carboxylic acids is 1. The average Bonchev–Trinajstić information content (AvgIpc) is 2.91. The summed E-state index contributed by atoms with van der Waals surface area (Å²) in [6, 6.07) is 5.52. The van der Waals surface area contributed by atoms with Gasteiger partial charge in [0, 0.05) is 18.8 Å². The van der Waals surface area contributed by atoms with Crippen molar-refractivity contribution in [3.05, 3.63) is 41.9 Å². The molecule has 1 atom stereocenters. The lowest BCUT2D eigenvalue weighted by atomic mass is 10.2. The summed E-state index contributed by atoms with van der Waals surface area (Å²) < 4.78 is 1.70. The number of rotatable bonds is 5. The maximum absolute atomic E-state index is 12.2. The Morgan fingerprint density at radius 1 is 1.41 bits per heavy atom. The summed E-state index contributed by atoms with van der Waals surface area (Å²) in [5.74, 6) is 0.553. The van der Waals surface area contributed by atoms with Crippen molar-refractivity contribution in [3.63, 3.8) is 0 Å². The van der Waals surface area contributed by atoms with Crippen LogP contribution in [0.15, 0.2) is 30.6 Å². The van der Waals surface area contributed by atoms with Gasteiger partial charge in [-0.25, -0.2) is 9.67 Å². The van der Waals surface area contributed by atoms with Crippen molar-refractivity contribution in [2.45, 2.75) is 26.3 Å². The minimum absolute atomic E-state index is 0. The first kappa shape index (κ1) is 20.4. The van der Waals surface area contributed by atoms with Gasteiger partial charge in [0.1, 0.15) is 0 Å². The van der Waals surface area contributed by atoms with Gasteiger partial charge in [-0.05, 0) is 25.5 Å². The Bertz CT molecular complexity index is 588. The van der Waals surface area contributed by atoms with Gasteiger partial charge in [-0.15, -0.1) is 24.8 Å². The maximum Gasteiger partial charge on any atom is 0.255 e. The fraction of sp³-hybridized carbons (Fsp3) is 0.357. The van der Waals surface area contributed by atoms with E-state index in [9.17, 15) is 4.79 Å². The van der Waals surface area contributed by atoms with Gasteiger partial charge in [-0.2, -0.15) is 5.10 Å². The fourth-order valence-corrected chi connectivity index (χ4v) is 1.94. The Hall–Kier alpha value is -1.63. The van der Waals surface area contributed by atoms with Gasteiger partial charge in [-0.3, -0.25) is 4.79 Å². The van der Waals surface area contributed by atoms with Crippen LogP contribution in [0.5, 0.6) is 0 Å². The topological polar surface area (TPSA) is 85.8 Å². The minimum atomic E-state index is -0.151. The second kappa shape index (κ2) is 9.40. The van der Waals surface area contributed by atoms with Crippen LogP contribution in [0, 0.1) is 0 Å². The van der Waals surface area contributed by atoms with Crippen molar-refractivity contribution in [2.75, 3.05) is 6.54 Å². The molecule has 122 valence electrons. The van der Waals surface area contributed by atoms with E-state index < -0.39 is 0 Å². The Morgan fingerprint density at radius 2 is 2.14 bits per heavy atom. The number of nitrogens with two attached hydrogens (primary N) is 1.